The van der Waals surface area contributed by atoms with Crippen LogP contribution in [-0.2, 0) is 16.0 Å². The molecular formula is C11H13ClFNO3. The van der Waals surface area contributed by atoms with Crippen LogP contribution < -0.4 is 10.5 Å². The molecule has 0 heterocycles. The van der Waals surface area contributed by atoms with E-state index in [1.165, 1.54) is 26.4 Å². The van der Waals surface area contributed by atoms with Gasteiger partial charge in [-0.05, 0) is 12.1 Å². The number of benzene rings is 1. The van der Waals surface area contributed by atoms with E-state index in [1.807, 2.05) is 0 Å². The van der Waals surface area contributed by atoms with Crippen molar-refractivity contribution < 1.29 is 18.7 Å². The van der Waals surface area contributed by atoms with Crippen LogP contribution in [0.1, 0.15) is 5.56 Å². The average Bonchev–Trinajstić information content (AvgIpc) is 2.33. The smallest absolute Gasteiger partial charge is 0.322 e. The molecule has 1 unspecified atom stereocenters. The van der Waals surface area contributed by atoms with E-state index in [4.69, 9.17) is 22.1 Å². The molecule has 1 aromatic carbocycles. The topological polar surface area (TPSA) is 61.5 Å². The van der Waals surface area contributed by atoms with Crippen LogP contribution in [-0.4, -0.2) is 26.2 Å². The standard InChI is InChI=1S/C11H13ClFNO3/c1-16-9-4-3-7(12)6(10(9)13)5-8(14)11(15)17-2/h3-4,8H,5,14H2,1-2H3. The minimum absolute atomic E-state index is 0.0471. The molecule has 0 saturated heterocycles. The van der Waals surface area contributed by atoms with Crippen LogP contribution in [0.4, 0.5) is 4.39 Å². The highest BCUT2D eigenvalue weighted by molar-refractivity contribution is 6.31. The summed E-state index contributed by atoms with van der Waals surface area (Å²) < 4.78 is 23.1. The van der Waals surface area contributed by atoms with Crippen molar-refractivity contribution in [3.05, 3.63) is 28.5 Å². The number of carbonyl (C=O) groups is 1. The number of halogens is 2. The number of esters is 1. The Morgan fingerprint density at radius 2 is 2.18 bits per heavy atom. The lowest BCUT2D eigenvalue weighted by molar-refractivity contribution is -0.142. The zero-order valence-corrected chi connectivity index (χ0v) is 10.3. The van der Waals surface area contributed by atoms with Crippen LogP contribution >= 0.6 is 11.6 Å². The van der Waals surface area contributed by atoms with Gasteiger partial charge in [0.25, 0.3) is 0 Å². The molecule has 1 rings (SSSR count). The van der Waals surface area contributed by atoms with Gasteiger partial charge in [0.1, 0.15) is 6.04 Å². The first-order chi connectivity index (χ1) is 8.01. The molecule has 0 amide bonds. The Bertz CT molecular complexity index is 425. The molecule has 0 bridgehead atoms. The highest BCUT2D eigenvalue weighted by atomic mass is 35.5. The first-order valence-electron chi connectivity index (χ1n) is 4.85. The third-order valence-electron chi connectivity index (χ3n) is 2.30. The summed E-state index contributed by atoms with van der Waals surface area (Å²) in [5, 5.41) is 0.197. The molecular weight excluding hydrogens is 249 g/mol. The quantitative estimate of drug-likeness (QED) is 0.835. The first kappa shape index (κ1) is 13.7. The Hall–Kier alpha value is -1.33. The third-order valence-corrected chi connectivity index (χ3v) is 2.65. The molecule has 2 N–H and O–H groups in total. The molecule has 6 heteroatoms. The lowest BCUT2D eigenvalue weighted by atomic mass is 10.1. The molecule has 0 fully saturated rings. The molecule has 0 radical (unpaired) electrons. The lowest BCUT2D eigenvalue weighted by Gasteiger charge is -2.13. The van der Waals surface area contributed by atoms with Crippen molar-refractivity contribution in [1.82, 2.24) is 0 Å². The maximum atomic E-state index is 13.8. The summed E-state index contributed by atoms with van der Waals surface area (Å²) in [6.07, 6.45) is -0.0471. The van der Waals surface area contributed by atoms with Gasteiger partial charge in [0.05, 0.1) is 14.2 Å². The Morgan fingerprint density at radius 1 is 1.53 bits per heavy atom. The predicted octanol–water partition coefficient (Wildman–Crippen LogP) is 1.53. The molecule has 1 aromatic rings. The third kappa shape index (κ3) is 3.08. The van der Waals surface area contributed by atoms with Crippen molar-refractivity contribution in [2.45, 2.75) is 12.5 Å². The van der Waals surface area contributed by atoms with Crippen LogP contribution in [0, 0.1) is 5.82 Å². The van der Waals surface area contributed by atoms with Crippen LogP contribution in [0.15, 0.2) is 12.1 Å². The second-order valence-corrected chi connectivity index (χ2v) is 3.78. The van der Waals surface area contributed by atoms with Crippen molar-refractivity contribution in [2.75, 3.05) is 14.2 Å². The molecule has 17 heavy (non-hydrogen) atoms. The second-order valence-electron chi connectivity index (χ2n) is 3.38. The summed E-state index contributed by atoms with van der Waals surface area (Å²) in [6, 6.07) is 1.94. The molecule has 4 nitrogen and oxygen atoms in total. The van der Waals surface area contributed by atoms with Gasteiger partial charge in [-0.3, -0.25) is 4.79 Å². The van der Waals surface area contributed by atoms with Crippen LogP contribution in [0.25, 0.3) is 0 Å². The molecule has 0 aliphatic carbocycles. The number of ether oxygens (including phenoxy) is 2. The van der Waals surface area contributed by atoms with E-state index >= 15 is 0 Å². The van der Waals surface area contributed by atoms with Gasteiger partial charge >= 0.3 is 5.97 Å². The van der Waals surface area contributed by atoms with Gasteiger partial charge in [0, 0.05) is 17.0 Å². The second kappa shape index (κ2) is 5.84. The summed E-state index contributed by atoms with van der Waals surface area (Å²) in [7, 11) is 2.56. The van der Waals surface area contributed by atoms with Crippen LogP contribution in [0.5, 0.6) is 5.75 Å². The number of methoxy groups -OCH3 is 2. The minimum Gasteiger partial charge on any atom is -0.494 e. The monoisotopic (exact) mass is 261 g/mol. The number of hydrogen-bond acceptors (Lipinski definition) is 4. The van der Waals surface area contributed by atoms with Crippen molar-refractivity contribution >= 4 is 17.6 Å². The summed E-state index contributed by atoms with van der Waals surface area (Å²) in [6.45, 7) is 0. The van der Waals surface area contributed by atoms with E-state index in [2.05, 4.69) is 4.74 Å². The van der Waals surface area contributed by atoms with Gasteiger partial charge in [-0.1, -0.05) is 11.6 Å². The maximum Gasteiger partial charge on any atom is 0.322 e. The van der Waals surface area contributed by atoms with Gasteiger partial charge in [0.15, 0.2) is 11.6 Å². The van der Waals surface area contributed by atoms with Crippen LogP contribution in [0.2, 0.25) is 5.02 Å². The van der Waals surface area contributed by atoms with Gasteiger partial charge in [0.2, 0.25) is 0 Å². The van der Waals surface area contributed by atoms with E-state index in [1.54, 1.807) is 0 Å². The Labute approximate surface area is 103 Å². The predicted molar refractivity (Wildman–Crippen MR) is 61.7 cm³/mol. The van der Waals surface area contributed by atoms with Gasteiger partial charge in [-0.15, -0.1) is 0 Å². The normalized spacial score (nSPS) is 12.1. The maximum absolute atomic E-state index is 13.8. The largest absolute Gasteiger partial charge is 0.494 e. The van der Waals surface area contributed by atoms with Crippen molar-refractivity contribution in [1.29, 1.82) is 0 Å². The van der Waals surface area contributed by atoms with E-state index in [-0.39, 0.29) is 22.8 Å². The average molecular weight is 262 g/mol. The number of rotatable bonds is 4. The molecule has 1 atom stereocenters. The zero-order chi connectivity index (χ0) is 13.0. The molecule has 0 spiro atoms. The Balaban J connectivity index is 3.01. The van der Waals surface area contributed by atoms with Crippen molar-refractivity contribution in [3.63, 3.8) is 0 Å². The van der Waals surface area contributed by atoms with Crippen molar-refractivity contribution in [2.24, 2.45) is 5.73 Å². The van der Waals surface area contributed by atoms with E-state index in [9.17, 15) is 9.18 Å². The lowest BCUT2D eigenvalue weighted by Crippen LogP contribution is -2.34. The van der Waals surface area contributed by atoms with Gasteiger partial charge in [-0.25, -0.2) is 4.39 Å². The molecule has 0 aliphatic heterocycles. The van der Waals surface area contributed by atoms with Crippen LogP contribution in [0.3, 0.4) is 0 Å². The minimum atomic E-state index is -0.959. The Kier molecular flexibility index (Phi) is 4.72. The molecule has 0 aromatic heterocycles. The SMILES string of the molecule is COC(=O)C(N)Cc1c(Cl)ccc(OC)c1F. The fourth-order valence-corrected chi connectivity index (χ4v) is 1.60. The first-order valence-corrected chi connectivity index (χ1v) is 5.23. The number of nitrogens with two attached hydrogens (primary N) is 1. The molecule has 0 aliphatic rings. The Morgan fingerprint density at radius 3 is 2.71 bits per heavy atom. The summed E-state index contributed by atoms with van der Waals surface area (Å²) >= 11 is 5.85. The van der Waals surface area contributed by atoms with Gasteiger partial charge in [-0.2, -0.15) is 0 Å². The summed E-state index contributed by atoms with van der Waals surface area (Å²) in [4.78, 5) is 11.1. The number of carbonyl (C=O) groups excluding carboxylic acids is 1. The highest BCUT2D eigenvalue weighted by Crippen LogP contribution is 2.27. The molecule has 0 saturated carbocycles. The fraction of sp³-hybridized carbons (Fsp3) is 0.364. The van der Waals surface area contributed by atoms with Gasteiger partial charge < -0.3 is 15.2 Å². The fourth-order valence-electron chi connectivity index (χ4n) is 1.38. The van der Waals surface area contributed by atoms with E-state index < -0.39 is 17.8 Å². The van der Waals surface area contributed by atoms with Crippen molar-refractivity contribution in [3.8, 4) is 5.75 Å². The summed E-state index contributed by atoms with van der Waals surface area (Å²) in [5.41, 5.74) is 5.69. The zero-order valence-electron chi connectivity index (χ0n) is 9.50. The molecule has 94 valence electrons. The van der Waals surface area contributed by atoms with E-state index in [0.29, 0.717) is 0 Å². The number of hydrogen-bond donors (Lipinski definition) is 1. The van der Waals surface area contributed by atoms with E-state index in [0.717, 1.165) is 0 Å². The summed E-state index contributed by atoms with van der Waals surface area (Å²) in [5.74, 6) is -1.18. The highest BCUT2D eigenvalue weighted by Gasteiger charge is 2.20.